The van der Waals surface area contributed by atoms with Crippen LogP contribution in [0.3, 0.4) is 0 Å². The summed E-state index contributed by atoms with van der Waals surface area (Å²) in [6.07, 6.45) is -4.90. The molecule has 1 aromatic rings. The number of aromatic nitrogens is 2. The SMILES string of the molecule is CNc1nc(Cl)ncc1OCC(=O)CC(F)(F)F. The minimum absolute atomic E-state index is 0.0479. The Kier molecular flexibility index (Phi) is 4.71. The minimum atomic E-state index is -4.54. The van der Waals surface area contributed by atoms with Gasteiger partial charge in [0.2, 0.25) is 5.28 Å². The number of halogens is 4. The number of rotatable bonds is 5. The second-order valence-electron chi connectivity index (χ2n) is 3.22. The van der Waals surface area contributed by atoms with Crippen molar-refractivity contribution in [2.45, 2.75) is 12.6 Å². The molecule has 0 spiro atoms. The van der Waals surface area contributed by atoms with Crippen molar-refractivity contribution < 1.29 is 22.7 Å². The van der Waals surface area contributed by atoms with E-state index in [1.165, 1.54) is 13.2 Å². The van der Waals surface area contributed by atoms with Crippen molar-refractivity contribution in [2.75, 3.05) is 19.0 Å². The van der Waals surface area contributed by atoms with Gasteiger partial charge in [0.15, 0.2) is 17.4 Å². The summed E-state index contributed by atoms with van der Waals surface area (Å²) in [6.45, 7) is -0.709. The molecule has 1 rings (SSSR count). The standard InChI is InChI=1S/C9H9ClF3N3O2/c1-14-7-6(3-15-8(10)16-7)18-4-5(17)2-9(11,12)13/h3H,2,4H2,1H3,(H,14,15,16). The number of hydrogen-bond acceptors (Lipinski definition) is 5. The Morgan fingerprint density at radius 3 is 2.78 bits per heavy atom. The molecule has 1 N–H and O–H groups in total. The molecule has 0 unspecified atom stereocenters. The van der Waals surface area contributed by atoms with Gasteiger partial charge in [-0.15, -0.1) is 0 Å². The van der Waals surface area contributed by atoms with E-state index in [9.17, 15) is 18.0 Å². The lowest BCUT2D eigenvalue weighted by Crippen LogP contribution is -2.20. The summed E-state index contributed by atoms with van der Waals surface area (Å²) in [4.78, 5) is 18.3. The van der Waals surface area contributed by atoms with Gasteiger partial charge in [0.25, 0.3) is 0 Å². The van der Waals surface area contributed by atoms with Gasteiger partial charge in [-0.2, -0.15) is 18.2 Å². The van der Waals surface area contributed by atoms with Crippen molar-refractivity contribution in [3.8, 4) is 5.75 Å². The highest BCUT2D eigenvalue weighted by molar-refractivity contribution is 6.28. The van der Waals surface area contributed by atoms with E-state index in [2.05, 4.69) is 15.3 Å². The summed E-state index contributed by atoms with van der Waals surface area (Å²) < 4.78 is 40.6. The molecule has 0 fully saturated rings. The maximum Gasteiger partial charge on any atom is 0.396 e. The number of nitrogens with one attached hydrogen (secondary N) is 1. The van der Waals surface area contributed by atoms with Crippen LogP contribution in [-0.2, 0) is 4.79 Å². The van der Waals surface area contributed by atoms with E-state index in [-0.39, 0.29) is 16.9 Å². The van der Waals surface area contributed by atoms with Crippen LogP contribution < -0.4 is 10.1 Å². The lowest BCUT2D eigenvalue weighted by molar-refractivity contribution is -0.153. The molecule has 0 bridgehead atoms. The first-order valence-corrected chi connectivity index (χ1v) is 5.11. The van der Waals surface area contributed by atoms with E-state index in [0.29, 0.717) is 0 Å². The molecular formula is C9H9ClF3N3O2. The fourth-order valence-electron chi connectivity index (χ4n) is 1.07. The molecule has 0 aliphatic rings. The summed E-state index contributed by atoms with van der Waals surface area (Å²) in [5.41, 5.74) is 0. The van der Waals surface area contributed by atoms with Crippen molar-refractivity contribution in [3.63, 3.8) is 0 Å². The maximum absolute atomic E-state index is 11.9. The third-order valence-electron chi connectivity index (χ3n) is 1.75. The van der Waals surface area contributed by atoms with Crippen molar-refractivity contribution in [1.82, 2.24) is 9.97 Å². The van der Waals surface area contributed by atoms with Gasteiger partial charge in [0.1, 0.15) is 13.0 Å². The van der Waals surface area contributed by atoms with Crippen LogP contribution in [0.1, 0.15) is 6.42 Å². The van der Waals surface area contributed by atoms with Crippen molar-refractivity contribution in [1.29, 1.82) is 0 Å². The third kappa shape index (κ3) is 4.74. The summed E-state index contributed by atoms with van der Waals surface area (Å²) >= 11 is 5.51. The summed E-state index contributed by atoms with van der Waals surface area (Å²) in [5.74, 6) is -0.841. The summed E-state index contributed by atoms with van der Waals surface area (Å²) in [5, 5.41) is 2.57. The minimum Gasteiger partial charge on any atom is -0.480 e. The number of Topliss-reactive ketones (excluding diaryl/α,β-unsaturated/α-hetero) is 1. The molecule has 0 radical (unpaired) electrons. The highest BCUT2D eigenvalue weighted by Gasteiger charge is 2.31. The molecular weight excluding hydrogens is 275 g/mol. The zero-order valence-corrected chi connectivity index (χ0v) is 9.97. The predicted molar refractivity (Wildman–Crippen MR) is 57.8 cm³/mol. The van der Waals surface area contributed by atoms with Crippen LogP contribution in [0.2, 0.25) is 5.28 Å². The fourth-order valence-corrected chi connectivity index (χ4v) is 1.20. The number of carbonyl (C=O) groups is 1. The number of ketones is 1. The molecule has 5 nitrogen and oxygen atoms in total. The van der Waals surface area contributed by atoms with Gasteiger partial charge in [-0.25, -0.2) is 4.98 Å². The maximum atomic E-state index is 11.9. The first-order chi connectivity index (χ1) is 8.31. The molecule has 0 aliphatic heterocycles. The van der Waals surface area contributed by atoms with Gasteiger partial charge >= 0.3 is 6.18 Å². The van der Waals surface area contributed by atoms with Gasteiger partial charge in [0.05, 0.1) is 6.20 Å². The van der Waals surface area contributed by atoms with E-state index in [1.807, 2.05) is 0 Å². The van der Waals surface area contributed by atoms with Crippen LogP contribution in [0.25, 0.3) is 0 Å². The molecule has 0 amide bonds. The molecule has 100 valence electrons. The highest BCUT2D eigenvalue weighted by atomic mass is 35.5. The van der Waals surface area contributed by atoms with Crippen molar-refractivity contribution in [3.05, 3.63) is 11.5 Å². The Morgan fingerprint density at radius 2 is 2.22 bits per heavy atom. The van der Waals surface area contributed by atoms with Crippen molar-refractivity contribution in [2.24, 2.45) is 0 Å². The molecule has 0 saturated carbocycles. The lowest BCUT2D eigenvalue weighted by atomic mass is 10.3. The smallest absolute Gasteiger partial charge is 0.396 e. The average molecular weight is 284 g/mol. The molecule has 0 aliphatic carbocycles. The lowest BCUT2D eigenvalue weighted by Gasteiger charge is -2.10. The summed E-state index contributed by atoms with van der Waals surface area (Å²) in [7, 11) is 1.52. The van der Waals surface area contributed by atoms with E-state index < -0.39 is 25.0 Å². The Hall–Kier alpha value is -1.57. The number of hydrogen-bond donors (Lipinski definition) is 1. The third-order valence-corrected chi connectivity index (χ3v) is 1.93. The Bertz CT molecular complexity index is 440. The van der Waals surface area contributed by atoms with Gasteiger partial charge in [-0.05, 0) is 11.6 Å². The Morgan fingerprint density at radius 1 is 1.56 bits per heavy atom. The molecule has 0 aromatic carbocycles. The average Bonchev–Trinajstić information content (AvgIpc) is 2.24. The number of nitrogens with zero attached hydrogens (tertiary/aromatic N) is 2. The van der Waals surface area contributed by atoms with Crippen LogP contribution >= 0.6 is 11.6 Å². The molecule has 0 atom stereocenters. The first kappa shape index (κ1) is 14.5. The van der Waals surface area contributed by atoms with Gasteiger partial charge in [-0.3, -0.25) is 4.79 Å². The van der Waals surface area contributed by atoms with Crippen LogP contribution in [0.5, 0.6) is 5.75 Å². The van der Waals surface area contributed by atoms with Gasteiger partial charge < -0.3 is 10.1 Å². The second-order valence-corrected chi connectivity index (χ2v) is 3.56. The zero-order chi connectivity index (χ0) is 13.8. The van der Waals surface area contributed by atoms with E-state index in [4.69, 9.17) is 16.3 Å². The van der Waals surface area contributed by atoms with Crippen LogP contribution in [0, 0.1) is 0 Å². The fraction of sp³-hybridized carbons (Fsp3) is 0.444. The van der Waals surface area contributed by atoms with Gasteiger partial charge in [0, 0.05) is 7.05 Å². The molecule has 18 heavy (non-hydrogen) atoms. The van der Waals surface area contributed by atoms with Crippen LogP contribution in [0.15, 0.2) is 6.20 Å². The number of ether oxygens (including phenoxy) is 1. The van der Waals surface area contributed by atoms with E-state index >= 15 is 0 Å². The number of alkyl halides is 3. The zero-order valence-electron chi connectivity index (χ0n) is 9.21. The highest BCUT2D eigenvalue weighted by Crippen LogP contribution is 2.23. The number of anilines is 1. The molecule has 9 heteroatoms. The number of carbonyl (C=O) groups excluding carboxylic acids is 1. The van der Waals surface area contributed by atoms with Crippen molar-refractivity contribution >= 4 is 23.2 Å². The second kappa shape index (κ2) is 5.85. The Balaban J connectivity index is 2.61. The monoisotopic (exact) mass is 283 g/mol. The topological polar surface area (TPSA) is 64.1 Å². The first-order valence-electron chi connectivity index (χ1n) is 4.73. The van der Waals surface area contributed by atoms with Gasteiger partial charge in [-0.1, -0.05) is 0 Å². The van der Waals surface area contributed by atoms with E-state index in [0.717, 1.165) is 0 Å². The van der Waals surface area contributed by atoms with Crippen LogP contribution in [-0.4, -0.2) is 35.6 Å². The molecule has 1 aromatic heterocycles. The largest absolute Gasteiger partial charge is 0.480 e. The van der Waals surface area contributed by atoms with E-state index in [1.54, 1.807) is 0 Å². The molecule has 1 heterocycles. The quantitative estimate of drug-likeness (QED) is 0.838. The summed E-state index contributed by atoms with van der Waals surface area (Å²) in [6, 6.07) is 0. The predicted octanol–water partition coefficient (Wildman–Crippen LogP) is 2.07. The van der Waals surface area contributed by atoms with Crippen LogP contribution in [0.4, 0.5) is 19.0 Å². The molecule has 0 saturated heterocycles. The normalized spacial score (nSPS) is 11.2. The Labute approximate surface area is 105 Å².